The van der Waals surface area contributed by atoms with Crippen molar-refractivity contribution in [2.24, 2.45) is 5.41 Å². The third-order valence-corrected chi connectivity index (χ3v) is 2.96. The lowest BCUT2D eigenvalue weighted by Gasteiger charge is -2.23. The third-order valence-electron chi connectivity index (χ3n) is 2.96. The molecule has 3 heteroatoms. The zero-order valence-corrected chi connectivity index (χ0v) is 11.4. The monoisotopic (exact) mass is 250 g/mol. The van der Waals surface area contributed by atoms with Crippen molar-refractivity contribution in [1.82, 2.24) is 0 Å². The second-order valence-electron chi connectivity index (χ2n) is 6.04. The van der Waals surface area contributed by atoms with Crippen molar-refractivity contribution in [3.63, 3.8) is 0 Å². The lowest BCUT2D eigenvalue weighted by atomic mass is 9.87. The molecule has 1 N–H and O–H groups in total. The fourth-order valence-corrected chi connectivity index (χ4v) is 2.09. The minimum absolute atomic E-state index is 0.101. The molecule has 2 rings (SSSR count). The van der Waals surface area contributed by atoms with Crippen LogP contribution in [0, 0.1) is 5.41 Å². The number of aliphatic hydroxyl groups excluding tert-OH is 1. The second-order valence-corrected chi connectivity index (χ2v) is 6.04. The molecule has 0 spiro atoms. The maximum atomic E-state index is 10.2. The normalized spacial score (nSPS) is 17.1. The highest BCUT2D eigenvalue weighted by atomic mass is 16.5. The van der Waals surface area contributed by atoms with Gasteiger partial charge in [0.25, 0.3) is 0 Å². The number of fused-ring (bicyclic) bond motifs is 1. The summed E-state index contributed by atoms with van der Waals surface area (Å²) in [7, 11) is 0. The summed E-state index contributed by atoms with van der Waals surface area (Å²) in [6.45, 7) is 7.74. The van der Waals surface area contributed by atoms with Crippen LogP contribution in [0.2, 0.25) is 0 Å². The molecule has 1 aromatic carbocycles. The van der Waals surface area contributed by atoms with E-state index in [0.29, 0.717) is 13.2 Å². The van der Waals surface area contributed by atoms with Gasteiger partial charge in [-0.3, -0.25) is 0 Å². The van der Waals surface area contributed by atoms with Crippen LogP contribution in [0.25, 0.3) is 0 Å². The topological polar surface area (TPSA) is 38.7 Å². The van der Waals surface area contributed by atoms with E-state index in [-0.39, 0.29) is 5.41 Å². The average Bonchev–Trinajstić information content (AvgIpc) is 2.50. The van der Waals surface area contributed by atoms with Gasteiger partial charge in [0, 0.05) is 6.42 Å². The van der Waals surface area contributed by atoms with Crippen LogP contribution in [-0.4, -0.2) is 18.3 Å². The Hall–Kier alpha value is -1.22. The highest BCUT2D eigenvalue weighted by Crippen LogP contribution is 2.35. The first-order valence-corrected chi connectivity index (χ1v) is 6.53. The molecule has 1 atom stereocenters. The number of hydrogen-bond acceptors (Lipinski definition) is 3. The Kier molecular flexibility index (Phi) is 3.81. The van der Waals surface area contributed by atoms with Crippen LogP contribution in [0.3, 0.4) is 0 Å². The summed E-state index contributed by atoms with van der Waals surface area (Å²) in [5, 5.41) is 10.2. The van der Waals surface area contributed by atoms with Crippen LogP contribution in [0.4, 0.5) is 0 Å². The number of ether oxygens (including phenoxy) is 2. The molecule has 0 bridgehead atoms. The number of hydrogen-bond donors (Lipinski definition) is 1. The van der Waals surface area contributed by atoms with Gasteiger partial charge in [0.1, 0.15) is 0 Å². The minimum atomic E-state index is -0.456. The van der Waals surface area contributed by atoms with Crippen molar-refractivity contribution >= 4 is 0 Å². The van der Waals surface area contributed by atoms with E-state index < -0.39 is 6.10 Å². The summed E-state index contributed by atoms with van der Waals surface area (Å²) in [5.74, 6) is 1.53. The molecule has 0 aliphatic carbocycles. The molecule has 0 saturated carbocycles. The van der Waals surface area contributed by atoms with Crippen molar-refractivity contribution < 1.29 is 14.6 Å². The van der Waals surface area contributed by atoms with E-state index in [1.54, 1.807) is 0 Å². The molecular weight excluding hydrogens is 228 g/mol. The van der Waals surface area contributed by atoms with E-state index in [2.05, 4.69) is 20.8 Å². The van der Waals surface area contributed by atoms with Crippen molar-refractivity contribution in [2.45, 2.75) is 39.7 Å². The summed E-state index contributed by atoms with van der Waals surface area (Å²) < 4.78 is 11.2. The molecular formula is C15H22O3. The van der Waals surface area contributed by atoms with E-state index in [1.165, 1.54) is 0 Å². The van der Waals surface area contributed by atoms with E-state index in [0.717, 1.165) is 29.9 Å². The van der Waals surface area contributed by atoms with Crippen molar-refractivity contribution in [1.29, 1.82) is 0 Å². The molecule has 1 aromatic rings. The maximum absolute atomic E-state index is 10.2. The van der Waals surface area contributed by atoms with E-state index in [1.807, 2.05) is 18.2 Å². The van der Waals surface area contributed by atoms with Gasteiger partial charge in [-0.2, -0.15) is 0 Å². The average molecular weight is 250 g/mol. The van der Waals surface area contributed by atoms with Crippen molar-refractivity contribution in [3.8, 4) is 11.5 Å². The van der Waals surface area contributed by atoms with E-state index >= 15 is 0 Å². The van der Waals surface area contributed by atoms with Crippen LogP contribution in [0.5, 0.6) is 11.5 Å². The zero-order valence-electron chi connectivity index (χ0n) is 11.4. The Morgan fingerprint density at radius 2 is 1.83 bits per heavy atom. The minimum Gasteiger partial charge on any atom is -0.490 e. The predicted octanol–water partition coefficient (Wildman–Crippen LogP) is 3.32. The molecule has 100 valence electrons. The maximum Gasteiger partial charge on any atom is 0.161 e. The van der Waals surface area contributed by atoms with Crippen molar-refractivity contribution in [2.75, 3.05) is 13.2 Å². The summed E-state index contributed by atoms with van der Waals surface area (Å²) in [6, 6.07) is 5.71. The first kappa shape index (κ1) is 13.2. The molecule has 18 heavy (non-hydrogen) atoms. The molecule has 1 heterocycles. The van der Waals surface area contributed by atoms with Gasteiger partial charge in [-0.1, -0.05) is 26.8 Å². The standard InChI is InChI=1S/C15H22O3/c1-15(2,3)10-12(16)11-5-6-13-14(9-11)18-8-4-7-17-13/h5-6,9,12,16H,4,7-8,10H2,1-3H3. The largest absolute Gasteiger partial charge is 0.490 e. The number of rotatable bonds is 2. The van der Waals surface area contributed by atoms with Gasteiger partial charge in [0.2, 0.25) is 0 Å². The van der Waals surface area contributed by atoms with Crippen LogP contribution >= 0.6 is 0 Å². The lowest BCUT2D eigenvalue weighted by Crippen LogP contribution is -2.11. The molecule has 1 aliphatic rings. The van der Waals surface area contributed by atoms with E-state index in [9.17, 15) is 5.11 Å². The summed E-state index contributed by atoms with van der Waals surface area (Å²) in [6.07, 6.45) is 1.17. The smallest absolute Gasteiger partial charge is 0.161 e. The Morgan fingerprint density at radius 1 is 1.17 bits per heavy atom. The quantitative estimate of drug-likeness (QED) is 0.875. The van der Waals surface area contributed by atoms with Gasteiger partial charge in [0.05, 0.1) is 19.3 Å². The predicted molar refractivity (Wildman–Crippen MR) is 71.1 cm³/mol. The molecule has 1 unspecified atom stereocenters. The fourth-order valence-electron chi connectivity index (χ4n) is 2.09. The van der Waals surface area contributed by atoms with Crippen LogP contribution in [0.15, 0.2) is 18.2 Å². The molecule has 0 radical (unpaired) electrons. The Morgan fingerprint density at radius 3 is 2.50 bits per heavy atom. The van der Waals surface area contributed by atoms with E-state index in [4.69, 9.17) is 9.47 Å². The molecule has 0 fully saturated rings. The highest BCUT2D eigenvalue weighted by molar-refractivity contribution is 5.44. The Balaban J connectivity index is 2.17. The first-order valence-electron chi connectivity index (χ1n) is 6.53. The summed E-state index contributed by atoms with van der Waals surface area (Å²) in [4.78, 5) is 0. The van der Waals surface area contributed by atoms with Gasteiger partial charge >= 0.3 is 0 Å². The Bertz CT molecular complexity index is 407. The van der Waals surface area contributed by atoms with Crippen LogP contribution < -0.4 is 9.47 Å². The molecule has 0 amide bonds. The fraction of sp³-hybridized carbons (Fsp3) is 0.600. The van der Waals surface area contributed by atoms with Gasteiger partial charge in [0.15, 0.2) is 11.5 Å². The SMILES string of the molecule is CC(C)(C)CC(O)c1ccc2c(c1)OCCCO2. The van der Waals surface area contributed by atoms with Gasteiger partial charge in [-0.15, -0.1) is 0 Å². The lowest BCUT2D eigenvalue weighted by molar-refractivity contribution is 0.122. The third kappa shape index (κ3) is 3.39. The zero-order chi connectivity index (χ0) is 13.2. The van der Waals surface area contributed by atoms with Crippen molar-refractivity contribution in [3.05, 3.63) is 23.8 Å². The first-order chi connectivity index (χ1) is 8.46. The summed E-state index contributed by atoms with van der Waals surface area (Å²) >= 11 is 0. The molecule has 1 aliphatic heterocycles. The number of aliphatic hydroxyl groups is 1. The van der Waals surface area contributed by atoms with Crippen LogP contribution in [-0.2, 0) is 0 Å². The highest BCUT2D eigenvalue weighted by Gasteiger charge is 2.20. The summed E-state index contributed by atoms with van der Waals surface area (Å²) in [5.41, 5.74) is 0.998. The van der Waals surface area contributed by atoms with Gasteiger partial charge in [-0.25, -0.2) is 0 Å². The van der Waals surface area contributed by atoms with Gasteiger partial charge < -0.3 is 14.6 Å². The number of benzene rings is 1. The Labute approximate surface area is 109 Å². The van der Waals surface area contributed by atoms with Crippen LogP contribution in [0.1, 0.15) is 45.3 Å². The van der Waals surface area contributed by atoms with Gasteiger partial charge in [-0.05, 0) is 29.5 Å². The molecule has 0 saturated heterocycles. The molecule has 3 nitrogen and oxygen atoms in total. The molecule has 0 aromatic heterocycles. The second kappa shape index (κ2) is 5.19.